The van der Waals surface area contributed by atoms with Crippen LogP contribution >= 0.6 is 0 Å². The molecule has 0 aromatic heterocycles. The summed E-state index contributed by atoms with van der Waals surface area (Å²) in [6, 6.07) is 0. The average molecular weight is 246 g/mol. The summed E-state index contributed by atoms with van der Waals surface area (Å²) in [7, 11) is -2.89. The lowest BCUT2D eigenvalue weighted by Crippen LogP contribution is -2.42. The Bertz CT molecular complexity index is 343. The maximum atomic E-state index is 11.7. The molecule has 1 rings (SSSR count). The Morgan fingerprint density at radius 2 is 1.88 bits per heavy atom. The smallest absolute Gasteiger partial charge is 0.148 e. The molecule has 1 fully saturated rings. The first-order valence-corrected chi connectivity index (χ1v) is 8.38. The highest BCUT2D eigenvalue weighted by molar-refractivity contribution is 7.90. The van der Waals surface area contributed by atoms with E-state index in [1.165, 1.54) is 12.7 Å². The Morgan fingerprint density at radius 3 is 2.19 bits per heavy atom. The van der Waals surface area contributed by atoms with Crippen molar-refractivity contribution in [2.75, 3.05) is 12.0 Å². The van der Waals surface area contributed by atoms with Crippen molar-refractivity contribution in [3.63, 3.8) is 0 Å². The van der Waals surface area contributed by atoms with Gasteiger partial charge in [0.05, 0.1) is 5.75 Å². The summed E-state index contributed by atoms with van der Waals surface area (Å²) in [5.74, 6) is 0.888. The van der Waals surface area contributed by atoms with Crippen molar-refractivity contribution in [2.45, 2.75) is 53.4 Å². The zero-order chi connectivity index (χ0) is 12.6. The SMILES string of the molecule is CCCC1(CS(C)(=O)=O)C(C)CCC1(C)C. The number of hydrogen-bond acceptors (Lipinski definition) is 2. The first-order valence-electron chi connectivity index (χ1n) is 6.32. The summed E-state index contributed by atoms with van der Waals surface area (Å²) >= 11 is 0. The lowest BCUT2D eigenvalue weighted by Gasteiger charge is -2.44. The zero-order valence-corrected chi connectivity index (χ0v) is 12.2. The van der Waals surface area contributed by atoms with Crippen LogP contribution in [0.25, 0.3) is 0 Å². The first kappa shape index (κ1) is 14.0. The quantitative estimate of drug-likeness (QED) is 0.763. The van der Waals surface area contributed by atoms with E-state index in [-0.39, 0.29) is 10.8 Å². The molecule has 0 aromatic rings. The molecule has 1 saturated carbocycles. The van der Waals surface area contributed by atoms with Crippen LogP contribution in [0, 0.1) is 16.7 Å². The summed E-state index contributed by atoms with van der Waals surface area (Å²) in [5.41, 5.74) is 0.154. The second kappa shape index (κ2) is 4.32. The van der Waals surface area contributed by atoms with Crippen LogP contribution in [-0.2, 0) is 9.84 Å². The van der Waals surface area contributed by atoms with Crippen molar-refractivity contribution in [2.24, 2.45) is 16.7 Å². The topological polar surface area (TPSA) is 34.1 Å². The van der Waals surface area contributed by atoms with Gasteiger partial charge in [-0.25, -0.2) is 8.42 Å². The van der Waals surface area contributed by atoms with Crippen molar-refractivity contribution >= 4 is 9.84 Å². The highest BCUT2D eigenvalue weighted by atomic mass is 32.2. The molecule has 96 valence electrons. The maximum absolute atomic E-state index is 11.7. The van der Waals surface area contributed by atoms with Gasteiger partial charge in [0.15, 0.2) is 0 Å². The normalized spacial score (nSPS) is 34.2. The van der Waals surface area contributed by atoms with Gasteiger partial charge in [-0.15, -0.1) is 0 Å². The lowest BCUT2D eigenvalue weighted by atomic mass is 9.63. The molecule has 16 heavy (non-hydrogen) atoms. The number of rotatable bonds is 4. The molecule has 0 N–H and O–H groups in total. The lowest BCUT2D eigenvalue weighted by molar-refractivity contribution is 0.0827. The van der Waals surface area contributed by atoms with E-state index in [0.717, 1.165) is 19.3 Å². The third-order valence-electron chi connectivity index (χ3n) is 4.71. The fourth-order valence-electron chi connectivity index (χ4n) is 3.68. The summed E-state index contributed by atoms with van der Waals surface area (Å²) in [5, 5.41) is 0. The molecule has 0 bridgehead atoms. The summed E-state index contributed by atoms with van der Waals surface area (Å²) in [6.45, 7) is 8.88. The second-order valence-electron chi connectivity index (χ2n) is 6.30. The van der Waals surface area contributed by atoms with Gasteiger partial charge in [0, 0.05) is 6.26 Å². The fourth-order valence-corrected chi connectivity index (χ4v) is 5.43. The van der Waals surface area contributed by atoms with Crippen LogP contribution in [0.1, 0.15) is 53.4 Å². The van der Waals surface area contributed by atoms with Crippen LogP contribution in [-0.4, -0.2) is 20.4 Å². The highest BCUT2D eigenvalue weighted by Crippen LogP contribution is 2.58. The van der Waals surface area contributed by atoms with Crippen molar-refractivity contribution in [1.29, 1.82) is 0 Å². The van der Waals surface area contributed by atoms with Crippen LogP contribution in [0.15, 0.2) is 0 Å². The molecule has 0 amide bonds. The van der Waals surface area contributed by atoms with Gasteiger partial charge in [-0.1, -0.05) is 34.1 Å². The first-order chi connectivity index (χ1) is 7.15. The largest absolute Gasteiger partial charge is 0.229 e. The molecule has 1 aliphatic carbocycles. The molecule has 2 nitrogen and oxygen atoms in total. The van der Waals surface area contributed by atoms with Crippen molar-refractivity contribution < 1.29 is 8.42 Å². The van der Waals surface area contributed by atoms with Crippen molar-refractivity contribution in [3.05, 3.63) is 0 Å². The van der Waals surface area contributed by atoms with Gasteiger partial charge in [0.25, 0.3) is 0 Å². The summed E-state index contributed by atoms with van der Waals surface area (Å²) < 4.78 is 23.4. The molecule has 0 radical (unpaired) electrons. The molecule has 0 heterocycles. The van der Waals surface area contributed by atoms with Crippen LogP contribution < -0.4 is 0 Å². The molecule has 0 saturated heterocycles. The van der Waals surface area contributed by atoms with E-state index in [1.807, 2.05) is 0 Å². The van der Waals surface area contributed by atoms with Crippen LogP contribution in [0.4, 0.5) is 0 Å². The van der Waals surface area contributed by atoms with Gasteiger partial charge in [0.1, 0.15) is 9.84 Å². The average Bonchev–Trinajstić information content (AvgIpc) is 2.28. The van der Waals surface area contributed by atoms with Crippen LogP contribution in [0.5, 0.6) is 0 Å². The Kier molecular flexibility index (Phi) is 3.78. The van der Waals surface area contributed by atoms with E-state index in [4.69, 9.17) is 0 Å². The molecule has 0 aliphatic heterocycles. The van der Waals surface area contributed by atoms with Crippen LogP contribution in [0.2, 0.25) is 0 Å². The second-order valence-corrected chi connectivity index (χ2v) is 8.44. The standard InChI is InChI=1S/C13H26O2S/c1-6-8-13(10-16(5,14)15)11(2)7-9-12(13,3)4/h11H,6-10H2,1-5H3. The van der Waals surface area contributed by atoms with Gasteiger partial charge in [-0.3, -0.25) is 0 Å². The third-order valence-corrected chi connectivity index (χ3v) is 5.75. The van der Waals surface area contributed by atoms with E-state index in [0.29, 0.717) is 11.7 Å². The zero-order valence-electron chi connectivity index (χ0n) is 11.3. The van der Waals surface area contributed by atoms with Crippen molar-refractivity contribution in [3.8, 4) is 0 Å². The Morgan fingerprint density at radius 1 is 1.31 bits per heavy atom. The van der Waals surface area contributed by atoms with E-state index in [2.05, 4.69) is 27.7 Å². The molecule has 1 aliphatic rings. The Labute approximate surface area is 101 Å². The molecule has 2 atom stereocenters. The molecule has 2 unspecified atom stereocenters. The highest BCUT2D eigenvalue weighted by Gasteiger charge is 2.53. The maximum Gasteiger partial charge on any atom is 0.148 e. The van der Waals surface area contributed by atoms with E-state index in [9.17, 15) is 8.42 Å². The van der Waals surface area contributed by atoms with Gasteiger partial charge < -0.3 is 0 Å². The van der Waals surface area contributed by atoms with Gasteiger partial charge in [-0.2, -0.15) is 0 Å². The monoisotopic (exact) mass is 246 g/mol. The van der Waals surface area contributed by atoms with E-state index in [1.54, 1.807) is 0 Å². The van der Waals surface area contributed by atoms with E-state index < -0.39 is 9.84 Å². The Hall–Kier alpha value is -0.0500. The van der Waals surface area contributed by atoms with E-state index >= 15 is 0 Å². The summed E-state index contributed by atoms with van der Waals surface area (Å²) in [4.78, 5) is 0. The van der Waals surface area contributed by atoms with Gasteiger partial charge >= 0.3 is 0 Å². The minimum Gasteiger partial charge on any atom is -0.229 e. The molecular formula is C13H26O2S. The van der Waals surface area contributed by atoms with Crippen molar-refractivity contribution in [1.82, 2.24) is 0 Å². The number of hydrogen-bond donors (Lipinski definition) is 0. The summed E-state index contributed by atoms with van der Waals surface area (Å²) in [6.07, 6.45) is 5.81. The van der Waals surface area contributed by atoms with Gasteiger partial charge in [-0.05, 0) is 36.0 Å². The van der Waals surface area contributed by atoms with Crippen LogP contribution in [0.3, 0.4) is 0 Å². The van der Waals surface area contributed by atoms with Gasteiger partial charge in [0.2, 0.25) is 0 Å². The predicted molar refractivity (Wildman–Crippen MR) is 69.2 cm³/mol. The molecular weight excluding hydrogens is 220 g/mol. The third kappa shape index (κ3) is 2.44. The molecule has 3 heteroatoms. The minimum absolute atomic E-state index is 0.00463. The number of sulfone groups is 1. The fraction of sp³-hybridized carbons (Fsp3) is 1.00. The Balaban J connectivity index is 3.12. The minimum atomic E-state index is -2.89. The molecule has 0 aromatic carbocycles. The molecule has 0 spiro atoms. The predicted octanol–water partition coefficient (Wildman–Crippen LogP) is 3.27.